The van der Waals surface area contributed by atoms with Gasteiger partial charge in [0.15, 0.2) is 0 Å². The van der Waals surface area contributed by atoms with Gasteiger partial charge in [-0.25, -0.2) is 0 Å². The van der Waals surface area contributed by atoms with Crippen LogP contribution in [0, 0.1) is 0 Å². The Morgan fingerprint density at radius 1 is 1.44 bits per heavy atom. The first kappa shape index (κ1) is 16.2. The molecule has 0 N–H and O–H groups in total. The van der Waals surface area contributed by atoms with Gasteiger partial charge >= 0.3 is 21.7 Å². The zero-order valence-corrected chi connectivity index (χ0v) is 9.67. The van der Waals surface area contributed by atoms with Crippen molar-refractivity contribution in [2.45, 2.75) is 20.0 Å². The van der Waals surface area contributed by atoms with Crippen LogP contribution in [0.15, 0.2) is 24.8 Å². The average molecular weight is 176 g/mol. The van der Waals surface area contributed by atoms with E-state index in [1.54, 1.807) is 6.08 Å². The summed E-state index contributed by atoms with van der Waals surface area (Å²) in [4.78, 5) is 0. The van der Waals surface area contributed by atoms with E-state index in [1.807, 2.05) is 6.92 Å². The molecule has 0 aromatic carbocycles. The molecule has 48 valence electrons. The van der Waals surface area contributed by atoms with Gasteiger partial charge in [-0.1, -0.05) is 37.9 Å². The standard InChI is InChI=1S/C5H8.C2H8Si.Ti/c1-4-5(2)3;1-3-2;/h4H,1-2H2,3H3;3H2,1-2H3;/q;;+4. The van der Waals surface area contributed by atoms with Crippen molar-refractivity contribution in [3.63, 3.8) is 0 Å². The summed E-state index contributed by atoms with van der Waals surface area (Å²) in [6, 6.07) is 0. The van der Waals surface area contributed by atoms with Crippen LogP contribution in [0.2, 0.25) is 13.1 Å². The van der Waals surface area contributed by atoms with Crippen molar-refractivity contribution < 1.29 is 21.7 Å². The van der Waals surface area contributed by atoms with Crippen molar-refractivity contribution >= 4 is 9.52 Å². The van der Waals surface area contributed by atoms with E-state index in [2.05, 4.69) is 26.3 Å². The van der Waals surface area contributed by atoms with Gasteiger partial charge < -0.3 is 0 Å². The maximum atomic E-state index is 3.56. The van der Waals surface area contributed by atoms with E-state index < -0.39 is 0 Å². The normalized spacial score (nSPS) is 5.67. The maximum absolute atomic E-state index is 3.56. The van der Waals surface area contributed by atoms with Crippen LogP contribution < -0.4 is 0 Å². The molecule has 0 amide bonds. The van der Waals surface area contributed by atoms with E-state index in [1.165, 1.54) is 0 Å². The second-order valence-corrected chi connectivity index (χ2v) is 3.17. The number of hydrogen-bond donors (Lipinski definition) is 0. The van der Waals surface area contributed by atoms with Crippen LogP contribution in [0.25, 0.3) is 0 Å². The minimum absolute atomic E-state index is 0. The molecule has 0 aliphatic heterocycles. The number of rotatable bonds is 1. The summed E-state index contributed by atoms with van der Waals surface area (Å²) in [5.74, 6) is 0. The van der Waals surface area contributed by atoms with Gasteiger partial charge in [0, 0.05) is 9.52 Å². The Kier molecular flexibility index (Phi) is 28.4. The second-order valence-electron chi connectivity index (χ2n) is 1.76. The molecule has 0 atom stereocenters. The van der Waals surface area contributed by atoms with Crippen LogP contribution in [0.4, 0.5) is 0 Å². The number of hydrogen-bond acceptors (Lipinski definition) is 0. The predicted octanol–water partition coefficient (Wildman–Crippen LogP) is 2.00. The van der Waals surface area contributed by atoms with E-state index in [9.17, 15) is 0 Å². The van der Waals surface area contributed by atoms with Crippen molar-refractivity contribution in [1.29, 1.82) is 0 Å². The van der Waals surface area contributed by atoms with Gasteiger partial charge in [-0.2, -0.15) is 0 Å². The first-order valence-corrected chi connectivity index (χ1v) is 5.79. The SMILES string of the molecule is C=CC(=C)C.C[SiH2]C.[Ti+4]. The molecule has 0 aliphatic carbocycles. The van der Waals surface area contributed by atoms with Crippen LogP contribution >= 0.6 is 0 Å². The topological polar surface area (TPSA) is 0 Å². The predicted molar refractivity (Wildman–Crippen MR) is 45.3 cm³/mol. The summed E-state index contributed by atoms with van der Waals surface area (Å²) in [7, 11) is 0.417. The van der Waals surface area contributed by atoms with E-state index in [-0.39, 0.29) is 21.7 Å². The van der Waals surface area contributed by atoms with E-state index >= 15 is 0 Å². The summed E-state index contributed by atoms with van der Waals surface area (Å²) in [6.45, 7) is 13.5. The summed E-state index contributed by atoms with van der Waals surface area (Å²) in [5.41, 5.74) is 1.02. The molecule has 0 spiro atoms. The van der Waals surface area contributed by atoms with Gasteiger partial charge in [-0.15, -0.1) is 0 Å². The summed E-state index contributed by atoms with van der Waals surface area (Å²) >= 11 is 0. The summed E-state index contributed by atoms with van der Waals surface area (Å²) in [5, 5.41) is 0. The fourth-order valence-electron chi connectivity index (χ4n) is 0. The van der Waals surface area contributed by atoms with Crippen LogP contribution in [-0.4, -0.2) is 9.52 Å². The van der Waals surface area contributed by atoms with Gasteiger partial charge in [0.25, 0.3) is 0 Å². The van der Waals surface area contributed by atoms with Crippen molar-refractivity contribution in [2.75, 3.05) is 0 Å². The average Bonchev–Trinajstić information content (AvgIpc) is 1.69. The minimum Gasteiger partial charge on any atom is -0.0988 e. The number of allylic oxidation sites excluding steroid dienone is 2. The summed E-state index contributed by atoms with van der Waals surface area (Å²) < 4.78 is 0. The molecule has 0 nitrogen and oxygen atoms in total. The molecular formula is C7H16SiTi+4. The van der Waals surface area contributed by atoms with Crippen LogP contribution in [-0.2, 0) is 21.7 Å². The maximum Gasteiger partial charge on any atom is 4.00 e. The molecule has 0 saturated carbocycles. The van der Waals surface area contributed by atoms with Crippen molar-refractivity contribution in [2.24, 2.45) is 0 Å². The monoisotopic (exact) mass is 176 g/mol. The van der Waals surface area contributed by atoms with Crippen molar-refractivity contribution in [3.05, 3.63) is 24.8 Å². The smallest absolute Gasteiger partial charge is 0.0988 e. The molecule has 0 aromatic heterocycles. The molecule has 0 saturated heterocycles. The first-order chi connectivity index (χ1) is 3.68. The Hall–Kier alpha value is 0.411. The zero-order chi connectivity index (χ0) is 6.99. The fraction of sp³-hybridized carbons (Fsp3) is 0.429. The Labute approximate surface area is 76.1 Å². The molecule has 0 aliphatic rings. The van der Waals surface area contributed by atoms with Gasteiger partial charge in [-0.3, -0.25) is 0 Å². The van der Waals surface area contributed by atoms with Gasteiger partial charge in [0.2, 0.25) is 0 Å². The Morgan fingerprint density at radius 3 is 1.56 bits per heavy atom. The van der Waals surface area contributed by atoms with Crippen molar-refractivity contribution in [3.8, 4) is 0 Å². The molecule has 0 aromatic rings. The van der Waals surface area contributed by atoms with Crippen molar-refractivity contribution in [1.82, 2.24) is 0 Å². The third kappa shape index (κ3) is 59.5. The van der Waals surface area contributed by atoms with E-state index in [0.717, 1.165) is 5.57 Å². The second kappa shape index (κ2) is 15.8. The molecule has 0 rings (SSSR count). The van der Waals surface area contributed by atoms with E-state index in [0.29, 0.717) is 9.52 Å². The quantitative estimate of drug-likeness (QED) is 0.423. The first-order valence-electron chi connectivity index (χ1n) is 2.96. The fourth-order valence-corrected chi connectivity index (χ4v) is 0. The summed E-state index contributed by atoms with van der Waals surface area (Å²) in [6.07, 6.45) is 1.72. The minimum atomic E-state index is 0. The van der Waals surface area contributed by atoms with Crippen LogP contribution in [0.1, 0.15) is 6.92 Å². The third-order valence-electron chi connectivity index (χ3n) is 0.348. The van der Waals surface area contributed by atoms with Gasteiger partial charge in [0.05, 0.1) is 0 Å². The third-order valence-corrected chi connectivity index (χ3v) is 0.348. The Balaban J connectivity index is -0.0000000800. The molecule has 0 heterocycles. The molecule has 0 radical (unpaired) electrons. The van der Waals surface area contributed by atoms with Gasteiger partial charge in [0.1, 0.15) is 0 Å². The van der Waals surface area contributed by atoms with Crippen LogP contribution in [0.3, 0.4) is 0 Å². The molecule has 0 bridgehead atoms. The molecule has 0 unspecified atom stereocenters. The van der Waals surface area contributed by atoms with E-state index in [4.69, 9.17) is 0 Å². The van der Waals surface area contributed by atoms with Gasteiger partial charge in [-0.05, 0) is 6.92 Å². The molecule has 9 heavy (non-hydrogen) atoms. The zero-order valence-electron chi connectivity index (χ0n) is 6.70. The Bertz CT molecular complexity index is 69.3. The molecule has 0 fully saturated rings. The molecule has 2 heteroatoms. The molecular weight excluding hydrogens is 160 g/mol. The largest absolute Gasteiger partial charge is 4.00 e. The van der Waals surface area contributed by atoms with Crippen LogP contribution in [0.5, 0.6) is 0 Å². The Morgan fingerprint density at radius 2 is 1.56 bits per heavy atom.